The second-order valence-electron chi connectivity index (χ2n) is 12.1. The lowest BCUT2D eigenvalue weighted by molar-refractivity contribution is 0.0696. The third-order valence-electron chi connectivity index (χ3n) is 9.82. The minimum Gasteiger partial charge on any atom is -0.478 e. The van der Waals surface area contributed by atoms with E-state index in [1.54, 1.807) is 0 Å². The fourth-order valence-electron chi connectivity index (χ4n) is 8.00. The highest BCUT2D eigenvalue weighted by Gasteiger charge is 2.36. The maximum atomic E-state index is 12.7. The van der Waals surface area contributed by atoms with Crippen LogP contribution in [-0.2, 0) is 25.7 Å². The summed E-state index contributed by atoms with van der Waals surface area (Å²) in [6.45, 7) is 8.54. The van der Waals surface area contributed by atoms with Gasteiger partial charge in [0.1, 0.15) is 24.6 Å². The van der Waals surface area contributed by atoms with Gasteiger partial charge < -0.3 is 14.7 Å². The van der Waals surface area contributed by atoms with Gasteiger partial charge in [-0.3, -0.25) is 0 Å². The second-order valence-corrected chi connectivity index (χ2v) is 12.1. The molecule has 5 heterocycles. The van der Waals surface area contributed by atoms with Crippen molar-refractivity contribution in [1.82, 2.24) is 4.58 Å². The van der Waals surface area contributed by atoms with Gasteiger partial charge >= 0.3 is 5.97 Å². The summed E-state index contributed by atoms with van der Waals surface area (Å²) in [5, 5.41) is 12.9. The van der Waals surface area contributed by atoms with Crippen LogP contribution in [0.5, 0.6) is 11.5 Å². The summed E-state index contributed by atoms with van der Waals surface area (Å²) >= 11 is 0. The minimum absolute atomic E-state index is 0.382. The molecule has 5 aliphatic rings. The summed E-state index contributed by atoms with van der Waals surface area (Å²) in [5.74, 6) is 1.08. The van der Waals surface area contributed by atoms with Crippen molar-refractivity contribution in [3.05, 3.63) is 84.9 Å². The van der Waals surface area contributed by atoms with Gasteiger partial charge in [0.15, 0.2) is 0 Å². The molecule has 0 radical (unpaired) electrons. The molecule has 0 atom stereocenters. The molecule has 0 aliphatic carbocycles. The van der Waals surface area contributed by atoms with Crippen LogP contribution in [0.15, 0.2) is 24.3 Å². The molecular weight excluding hydrogens is 484 g/mol. The molecule has 0 fully saturated rings. The van der Waals surface area contributed by atoms with Crippen LogP contribution in [0.25, 0.3) is 5.57 Å². The van der Waals surface area contributed by atoms with Crippen LogP contribution in [0.4, 0.5) is 5.69 Å². The Balaban J connectivity index is 1.55. The normalized spacial score (nSPS) is 18.6. The lowest BCUT2D eigenvalue weighted by Gasteiger charge is -2.39. The highest BCUT2D eigenvalue weighted by atomic mass is 16.5. The maximum Gasteiger partial charge on any atom is 0.336 e. The second kappa shape index (κ2) is 8.45. The number of fused-ring (bicyclic) bond motifs is 4. The summed E-state index contributed by atoms with van der Waals surface area (Å²) in [7, 11) is 0. The van der Waals surface area contributed by atoms with Gasteiger partial charge in [0.2, 0.25) is 5.36 Å². The number of aryl methyl sites for hydroxylation is 4. The molecule has 5 aliphatic heterocycles. The lowest BCUT2D eigenvalue weighted by Crippen LogP contribution is -2.45. The predicted octanol–water partition coefficient (Wildman–Crippen LogP) is 4.44. The average molecular weight is 520 g/mol. The zero-order chi connectivity index (χ0) is 26.4. The molecule has 0 saturated carbocycles. The Morgan fingerprint density at radius 1 is 0.821 bits per heavy atom. The Labute approximate surface area is 229 Å². The molecule has 198 valence electrons. The molecule has 3 aromatic rings. The first-order valence-corrected chi connectivity index (χ1v) is 14.8. The van der Waals surface area contributed by atoms with Gasteiger partial charge in [-0.15, -0.1) is 0 Å². The van der Waals surface area contributed by atoms with Crippen LogP contribution in [-0.4, -0.2) is 37.3 Å². The molecule has 1 N–H and O–H groups in total. The first-order valence-electron chi connectivity index (χ1n) is 14.8. The Morgan fingerprint density at radius 2 is 1.54 bits per heavy atom. The van der Waals surface area contributed by atoms with Crippen molar-refractivity contribution in [2.24, 2.45) is 0 Å². The van der Waals surface area contributed by atoms with E-state index in [-0.39, 0.29) is 0 Å². The summed E-state index contributed by atoms with van der Waals surface area (Å²) in [4.78, 5) is 15.3. The standard InChI is InChI=1S/C34H34N2O3/c1-19-15-25(26(34(37)38)16-20(19)2)29-27-17-21-7-3-11-35-13-5-9-23(30(21)35)32(27)39-33-24-10-6-14-36-12-4-8-22(31(24)36)18-28(29)33/h15-18H,3-14H2,1-2H3/p+1. The molecule has 0 saturated heterocycles. The number of rotatable bonds is 2. The number of carboxylic acids is 1. The molecular formula is C34H35N2O3+. The highest BCUT2D eigenvalue weighted by molar-refractivity contribution is 5.99. The molecule has 0 unspecified atom stereocenters. The van der Waals surface area contributed by atoms with E-state index in [2.05, 4.69) is 34.6 Å². The summed E-state index contributed by atoms with van der Waals surface area (Å²) in [6, 6.07) is 8.68. The van der Waals surface area contributed by atoms with Gasteiger partial charge in [-0.1, -0.05) is 6.07 Å². The number of nitrogens with zero attached hydrogens (tertiary/aromatic N) is 2. The van der Waals surface area contributed by atoms with Crippen LogP contribution in [0, 0.1) is 13.8 Å². The Bertz CT molecular complexity index is 1740. The number of anilines is 1. The van der Waals surface area contributed by atoms with Crippen molar-refractivity contribution >= 4 is 17.2 Å². The third-order valence-corrected chi connectivity index (χ3v) is 9.82. The Hall–Kier alpha value is -3.60. The van der Waals surface area contributed by atoms with E-state index in [0.29, 0.717) is 5.56 Å². The molecule has 0 bridgehead atoms. The topological polar surface area (TPSA) is 52.8 Å². The minimum atomic E-state index is -0.869. The number of hydrogen-bond acceptors (Lipinski definition) is 3. The van der Waals surface area contributed by atoms with Gasteiger partial charge in [0.25, 0.3) is 0 Å². The lowest BCUT2D eigenvalue weighted by atomic mass is 9.81. The van der Waals surface area contributed by atoms with Crippen molar-refractivity contribution in [3.63, 3.8) is 0 Å². The average Bonchev–Trinajstić information content (AvgIpc) is 2.94. The molecule has 0 aromatic heterocycles. The number of benzene rings is 3. The Morgan fingerprint density at radius 3 is 2.36 bits per heavy atom. The van der Waals surface area contributed by atoms with Gasteiger partial charge in [-0.2, -0.15) is 0 Å². The van der Waals surface area contributed by atoms with E-state index < -0.39 is 5.97 Å². The van der Waals surface area contributed by atoms with Crippen LogP contribution >= 0.6 is 0 Å². The number of carboxylic acid groups (broad SMARTS) is 1. The fraction of sp³-hybridized carbons (Fsp3) is 0.412. The molecule has 5 nitrogen and oxygen atoms in total. The number of aromatic carboxylic acids is 1. The zero-order valence-corrected chi connectivity index (χ0v) is 23.0. The van der Waals surface area contributed by atoms with E-state index >= 15 is 0 Å². The van der Waals surface area contributed by atoms with Crippen molar-refractivity contribution in [2.75, 3.05) is 31.1 Å². The van der Waals surface area contributed by atoms with Gasteiger partial charge in [-0.05, 0) is 92.8 Å². The van der Waals surface area contributed by atoms with E-state index in [4.69, 9.17) is 4.74 Å². The van der Waals surface area contributed by atoms with Gasteiger partial charge in [0, 0.05) is 59.1 Å². The SMILES string of the molecule is Cc1cc(C(=O)O)c(C2=c3cc4c5c(c3Oc3c2cc2c6c3CCCN6CCC2)CCC[N+]=5CCC4)cc1C. The first kappa shape index (κ1) is 23.3. The largest absolute Gasteiger partial charge is 0.478 e. The van der Waals surface area contributed by atoms with Crippen molar-refractivity contribution < 1.29 is 14.6 Å². The number of carbonyl (C=O) groups is 1. The van der Waals surface area contributed by atoms with Crippen LogP contribution in [0.2, 0.25) is 0 Å². The fourth-order valence-corrected chi connectivity index (χ4v) is 8.00. The van der Waals surface area contributed by atoms with E-state index in [1.807, 2.05) is 13.0 Å². The highest BCUT2D eigenvalue weighted by Crippen LogP contribution is 2.48. The predicted molar refractivity (Wildman–Crippen MR) is 153 cm³/mol. The summed E-state index contributed by atoms with van der Waals surface area (Å²) in [5.41, 5.74) is 12.3. The van der Waals surface area contributed by atoms with Crippen molar-refractivity contribution in [2.45, 2.75) is 65.2 Å². The van der Waals surface area contributed by atoms with E-state index in [0.717, 1.165) is 122 Å². The molecule has 39 heavy (non-hydrogen) atoms. The van der Waals surface area contributed by atoms with Crippen molar-refractivity contribution in [1.29, 1.82) is 0 Å². The zero-order valence-electron chi connectivity index (χ0n) is 23.0. The Kier molecular flexibility index (Phi) is 5.05. The molecule has 0 amide bonds. The van der Waals surface area contributed by atoms with Crippen LogP contribution < -0.4 is 24.8 Å². The first-order chi connectivity index (χ1) is 19.0. The van der Waals surface area contributed by atoms with Crippen molar-refractivity contribution in [3.8, 4) is 11.5 Å². The quantitative estimate of drug-likeness (QED) is 0.398. The monoisotopic (exact) mass is 519 g/mol. The van der Waals surface area contributed by atoms with Crippen LogP contribution in [0.1, 0.15) is 80.5 Å². The van der Waals surface area contributed by atoms with E-state index in [9.17, 15) is 9.90 Å². The van der Waals surface area contributed by atoms with Crippen LogP contribution in [0.3, 0.4) is 0 Å². The van der Waals surface area contributed by atoms with Gasteiger partial charge in [-0.25, -0.2) is 9.37 Å². The molecule has 3 aromatic carbocycles. The summed E-state index contributed by atoms with van der Waals surface area (Å²) in [6.07, 6.45) is 8.73. The number of hydrogen-bond donors (Lipinski definition) is 1. The smallest absolute Gasteiger partial charge is 0.336 e. The van der Waals surface area contributed by atoms with E-state index in [1.165, 1.54) is 33.3 Å². The third kappa shape index (κ3) is 3.31. The molecule has 8 rings (SSSR count). The molecule has 0 spiro atoms. The molecule has 5 heteroatoms. The number of ether oxygens (including phenoxy) is 1. The maximum absolute atomic E-state index is 12.7. The summed E-state index contributed by atoms with van der Waals surface area (Å²) < 4.78 is 9.67. The van der Waals surface area contributed by atoms with Gasteiger partial charge in [0.05, 0.1) is 11.1 Å².